The van der Waals surface area contributed by atoms with Crippen LogP contribution in [0.5, 0.6) is 11.5 Å². The predicted molar refractivity (Wildman–Crippen MR) is 129 cm³/mol. The Morgan fingerprint density at radius 1 is 0.939 bits per heavy atom. The van der Waals surface area contributed by atoms with E-state index in [1.165, 1.54) is 17.3 Å². The maximum absolute atomic E-state index is 5.56. The van der Waals surface area contributed by atoms with Crippen LogP contribution in [0, 0.1) is 0 Å². The van der Waals surface area contributed by atoms with Crippen molar-refractivity contribution in [3.63, 3.8) is 0 Å². The summed E-state index contributed by atoms with van der Waals surface area (Å²) < 4.78 is 16.4. The molecule has 2 aromatic heterocycles. The topological polar surface area (TPSA) is 83.2 Å². The van der Waals surface area contributed by atoms with E-state index < -0.39 is 0 Å². The third-order valence-corrected chi connectivity index (χ3v) is 5.95. The van der Waals surface area contributed by atoms with Crippen LogP contribution in [0.1, 0.15) is 38.1 Å². The van der Waals surface area contributed by atoms with Gasteiger partial charge in [-0.05, 0) is 48.7 Å². The molecule has 8 heteroatoms. The number of ether oxygens (including phenoxy) is 2. The molecule has 0 aliphatic rings. The van der Waals surface area contributed by atoms with Gasteiger partial charge < -0.3 is 14.0 Å². The van der Waals surface area contributed by atoms with E-state index >= 15 is 0 Å². The highest BCUT2D eigenvalue weighted by atomic mass is 32.2. The molecule has 0 saturated carbocycles. The van der Waals surface area contributed by atoms with E-state index in [1.807, 2.05) is 37.3 Å². The maximum Gasteiger partial charge on any atom is 0.237 e. The molecule has 0 fully saturated rings. The molecule has 0 bridgehead atoms. The van der Waals surface area contributed by atoms with Crippen molar-refractivity contribution < 1.29 is 14.0 Å². The second-order valence-corrected chi connectivity index (χ2v) is 8.63. The van der Waals surface area contributed by atoms with Crippen LogP contribution < -0.4 is 9.47 Å². The number of hydrogen-bond acceptors (Lipinski definition) is 8. The first-order valence-electron chi connectivity index (χ1n) is 10.8. The summed E-state index contributed by atoms with van der Waals surface area (Å²) in [5.41, 5.74) is 4.00. The van der Waals surface area contributed by atoms with Gasteiger partial charge in [0.1, 0.15) is 5.03 Å². The summed E-state index contributed by atoms with van der Waals surface area (Å²) in [5, 5.41) is 13.6. The minimum Gasteiger partial charge on any atom is -0.493 e. The molecule has 170 valence electrons. The van der Waals surface area contributed by atoms with Crippen molar-refractivity contribution in [1.82, 2.24) is 20.3 Å². The molecule has 0 atom stereocenters. The Kier molecular flexibility index (Phi) is 7.24. The molecule has 7 nitrogen and oxygen atoms in total. The Hall–Kier alpha value is -3.39. The summed E-state index contributed by atoms with van der Waals surface area (Å²) in [6, 6.07) is 17.9. The minimum absolute atomic E-state index is 0.498. The third-order valence-electron chi connectivity index (χ3n) is 5.05. The molecule has 2 heterocycles. The summed E-state index contributed by atoms with van der Waals surface area (Å²) in [7, 11) is 1.60. The Balaban J connectivity index is 1.39. The standard InChI is InChI=1S/C25H26N4O3S/c1-5-31-21-12-10-19(14-22(21)30-4)25-26-23(32-29-25)15-33-24-13-11-20(27-28-24)18-8-6-17(7-9-18)16(2)3/h6-14,16H,5,15H2,1-4H3. The average molecular weight is 463 g/mol. The number of thioether (sulfide) groups is 1. The molecular formula is C25H26N4O3S. The van der Waals surface area contributed by atoms with E-state index in [4.69, 9.17) is 14.0 Å². The predicted octanol–water partition coefficient (Wildman–Crippen LogP) is 6.02. The monoisotopic (exact) mass is 462 g/mol. The molecule has 0 saturated heterocycles. The average Bonchev–Trinajstić information content (AvgIpc) is 3.33. The van der Waals surface area contributed by atoms with Gasteiger partial charge in [0.25, 0.3) is 0 Å². The van der Waals surface area contributed by atoms with Crippen molar-refractivity contribution in [2.24, 2.45) is 0 Å². The Morgan fingerprint density at radius 3 is 2.39 bits per heavy atom. The van der Waals surface area contributed by atoms with E-state index in [0.29, 0.717) is 41.5 Å². The molecule has 0 unspecified atom stereocenters. The summed E-state index contributed by atoms with van der Waals surface area (Å²) in [6.45, 7) is 6.86. The van der Waals surface area contributed by atoms with Gasteiger partial charge in [0.2, 0.25) is 11.7 Å². The number of methoxy groups -OCH3 is 1. The van der Waals surface area contributed by atoms with Crippen molar-refractivity contribution in [1.29, 1.82) is 0 Å². The normalized spacial score (nSPS) is 11.1. The van der Waals surface area contributed by atoms with Gasteiger partial charge in [0, 0.05) is 11.1 Å². The number of benzene rings is 2. The zero-order chi connectivity index (χ0) is 23.2. The van der Waals surface area contributed by atoms with Gasteiger partial charge in [0.15, 0.2) is 11.5 Å². The number of hydrogen-bond donors (Lipinski definition) is 0. The lowest BCUT2D eigenvalue weighted by Crippen LogP contribution is -1.95. The fraction of sp³-hybridized carbons (Fsp3) is 0.280. The van der Waals surface area contributed by atoms with Crippen LogP contribution in [0.2, 0.25) is 0 Å². The summed E-state index contributed by atoms with van der Waals surface area (Å²) in [4.78, 5) is 4.49. The second-order valence-electron chi connectivity index (χ2n) is 7.63. The number of aromatic nitrogens is 4. The number of rotatable bonds is 9. The smallest absolute Gasteiger partial charge is 0.237 e. The highest BCUT2D eigenvalue weighted by Crippen LogP contribution is 2.32. The van der Waals surface area contributed by atoms with Crippen LogP contribution in [0.3, 0.4) is 0 Å². The van der Waals surface area contributed by atoms with Crippen LogP contribution in [0.4, 0.5) is 0 Å². The third kappa shape index (κ3) is 5.51. The Labute approximate surface area is 197 Å². The van der Waals surface area contributed by atoms with E-state index in [-0.39, 0.29) is 0 Å². The molecule has 0 aliphatic heterocycles. The zero-order valence-corrected chi connectivity index (χ0v) is 19.9. The van der Waals surface area contributed by atoms with Crippen molar-refractivity contribution in [2.75, 3.05) is 13.7 Å². The largest absolute Gasteiger partial charge is 0.493 e. The molecule has 0 aliphatic carbocycles. The highest BCUT2D eigenvalue weighted by Gasteiger charge is 2.13. The molecular weight excluding hydrogens is 436 g/mol. The van der Waals surface area contributed by atoms with Gasteiger partial charge in [0.05, 0.1) is 25.2 Å². The lowest BCUT2D eigenvalue weighted by Gasteiger charge is -2.09. The second kappa shape index (κ2) is 10.5. The lowest BCUT2D eigenvalue weighted by molar-refractivity contribution is 0.311. The molecule has 0 radical (unpaired) electrons. The Morgan fingerprint density at radius 2 is 1.73 bits per heavy atom. The van der Waals surface area contributed by atoms with Crippen molar-refractivity contribution in [2.45, 2.75) is 37.5 Å². The quantitative estimate of drug-likeness (QED) is 0.279. The van der Waals surface area contributed by atoms with Crippen LogP contribution in [0.15, 0.2) is 64.1 Å². The van der Waals surface area contributed by atoms with E-state index in [9.17, 15) is 0 Å². The van der Waals surface area contributed by atoms with Crippen LogP contribution in [-0.4, -0.2) is 34.1 Å². The van der Waals surface area contributed by atoms with Crippen LogP contribution in [0.25, 0.3) is 22.6 Å². The molecule has 4 aromatic rings. The molecule has 0 amide bonds. The zero-order valence-electron chi connectivity index (χ0n) is 19.1. The van der Waals surface area contributed by atoms with E-state index in [2.05, 4.69) is 58.5 Å². The highest BCUT2D eigenvalue weighted by molar-refractivity contribution is 7.98. The first-order chi connectivity index (χ1) is 16.1. The Bertz CT molecular complexity index is 1190. The first-order valence-corrected chi connectivity index (χ1v) is 11.8. The van der Waals surface area contributed by atoms with Gasteiger partial charge in [-0.15, -0.1) is 10.2 Å². The van der Waals surface area contributed by atoms with Crippen LogP contribution >= 0.6 is 11.8 Å². The first kappa shape index (κ1) is 22.8. The van der Waals surface area contributed by atoms with E-state index in [0.717, 1.165) is 21.8 Å². The van der Waals surface area contributed by atoms with E-state index in [1.54, 1.807) is 7.11 Å². The fourth-order valence-electron chi connectivity index (χ4n) is 3.24. The van der Waals surface area contributed by atoms with Gasteiger partial charge in [-0.2, -0.15) is 4.98 Å². The number of nitrogens with zero attached hydrogens (tertiary/aromatic N) is 4. The van der Waals surface area contributed by atoms with Gasteiger partial charge >= 0.3 is 0 Å². The maximum atomic E-state index is 5.56. The fourth-order valence-corrected chi connectivity index (χ4v) is 3.89. The SMILES string of the molecule is CCOc1ccc(-c2noc(CSc3ccc(-c4ccc(C(C)C)cc4)nn3)n2)cc1OC. The summed E-state index contributed by atoms with van der Waals surface area (Å²) >= 11 is 1.49. The molecule has 33 heavy (non-hydrogen) atoms. The van der Waals surface area contributed by atoms with Gasteiger partial charge in [-0.3, -0.25) is 0 Å². The molecule has 4 rings (SSSR count). The van der Waals surface area contributed by atoms with Crippen molar-refractivity contribution in [3.05, 3.63) is 66.1 Å². The molecule has 0 N–H and O–H groups in total. The van der Waals surface area contributed by atoms with Crippen LogP contribution in [-0.2, 0) is 5.75 Å². The summed E-state index contributed by atoms with van der Waals surface area (Å²) in [6.07, 6.45) is 0. The minimum atomic E-state index is 0.498. The van der Waals surface area contributed by atoms with Crippen molar-refractivity contribution >= 4 is 11.8 Å². The van der Waals surface area contributed by atoms with Gasteiger partial charge in [-0.25, -0.2) is 0 Å². The summed E-state index contributed by atoms with van der Waals surface area (Å²) in [5.74, 6) is 3.32. The van der Waals surface area contributed by atoms with Crippen molar-refractivity contribution in [3.8, 4) is 34.1 Å². The lowest BCUT2D eigenvalue weighted by atomic mass is 10.0. The molecule has 0 spiro atoms. The van der Waals surface area contributed by atoms with Gasteiger partial charge in [-0.1, -0.05) is 55.0 Å². The molecule has 2 aromatic carbocycles.